The molecule has 1 saturated heterocycles. The summed E-state index contributed by atoms with van der Waals surface area (Å²) in [5.41, 5.74) is -0.0353. The Labute approximate surface area is 105 Å². The van der Waals surface area contributed by atoms with Crippen molar-refractivity contribution in [3.05, 3.63) is 39.9 Å². The lowest BCUT2D eigenvalue weighted by Gasteiger charge is -2.23. The van der Waals surface area contributed by atoms with Crippen LogP contribution in [0.1, 0.15) is 23.2 Å². The summed E-state index contributed by atoms with van der Waals surface area (Å²) in [6.07, 6.45) is 1.90. The lowest BCUT2D eigenvalue weighted by molar-refractivity contribution is -0.385. The van der Waals surface area contributed by atoms with E-state index in [1.165, 1.54) is 12.1 Å². The number of nitro benzene ring substituents is 1. The monoisotopic (exact) mass is 249 g/mol. The first kappa shape index (κ1) is 12.5. The highest BCUT2D eigenvalue weighted by Crippen LogP contribution is 2.17. The van der Waals surface area contributed by atoms with E-state index in [4.69, 9.17) is 0 Å². The maximum atomic E-state index is 12.0. The maximum absolute atomic E-state index is 12.0. The molecule has 0 aliphatic carbocycles. The van der Waals surface area contributed by atoms with Gasteiger partial charge in [-0.1, -0.05) is 12.1 Å². The largest absolute Gasteiger partial charge is 0.348 e. The highest BCUT2D eigenvalue weighted by Gasteiger charge is 2.22. The Morgan fingerprint density at radius 1 is 1.44 bits per heavy atom. The minimum atomic E-state index is -0.534. The van der Waals surface area contributed by atoms with Gasteiger partial charge < -0.3 is 10.6 Å². The Morgan fingerprint density at radius 3 is 2.89 bits per heavy atom. The van der Waals surface area contributed by atoms with Gasteiger partial charge in [0.05, 0.1) is 4.92 Å². The van der Waals surface area contributed by atoms with Crippen molar-refractivity contribution in [2.75, 3.05) is 13.1 Å². The lowest BCUT2D eigenvalue weighted by atomic mass is 10.1. The van der Waals surface area contributed by atoms with Gasteiger partial charge in [-0.2, -0.15) is 0 Å². The molecular weight excluding hydrogens is 234 g/mol. The minimum absolute atomic E-state index is 0.0473. The van der Waals surface area contributed by atoms with Crippen molar-refractivity contribution in [1.82, 2.24) is 10.6 Å². The second-order valence-electron chi connectivity index (χ2n) is 4.29. The average molecular weight is 249 g/mol. The van der Waals surface area contributed by atoms with Gasteiger partial charge in [0.1, 0.15) is 5.56 Å². The first-order valence-corrected chi connectivity index (χ1v) is 5.93. The van der Waals surface area contributed by atoms with Crippen LogP contribution in [0.4, 0.5) is 5.69 Å². The van der Waals surface area contributed by atoms with Crippen molar-refractivity contribution in [3.8, 4) is 0 Å². The number of carbonyl (C=O) groups is 1. The summed E-state index contributed by atoms with van der Waals surface area (Å²) < 4.78 is 0. The van der Waals surface area contributed by atoms with Crippen LogP contribution >= 0.6 is 0 Å². The average Bonchev–Trinajstić information content (AvgIpc) is 2.40. The van der Waals surface area contributed by atoms with Gasteiger partial charge in [0, 0.05) is 18.7 Å². The van der Waals surface area contributed by atoms with Gasteiger partial charge in [-0.25, -0.2) is 0 Å². The van der Waals surface area contributed by atoms with Crippen molar-refractivity contribution in [2.45, 2.75) is 18.9 Å². The van der Waals surface area contributed by atoms with E-state index < -0.39 is 4.92 Å². The maximum Gasteiger partial charge on any atom is 0.282 e. The molecule has 1 aromatic carbocycles. The van der Waals surface area contributed by atoms with Gasteiger partial charge in [-0.3, -0.25) is 14.9 Å². The van der Waals surface area contributed by atoms with Gasteiger partial charge in [0.2, 0.25) is 0 Å². The Bertz CT molecular complexity index is 456. The van der Waals surface area contributed by atoms with E-state index >= 15 is 0 Å². The molecular formula is C12H15N3O3. The number of nitrogens with zero attached hydrogens (tertiary/aromatic N) is 1. The fourth-order valence-electron chi connectivity index (χ4n) is 2.06. The number of para-hydroxylation sites is 1. The van der Waals surface area contributed by atoms with Gasteiger partial charge in [-0.05, 0) is 25.5 Å². The summed E-state index contributed by atoms with van der Waals surface area (Å²) in [7, 11) is 0. The molecule has 6 nitrogen and oxygen atoms in total. The van der Waals surface area contributed by atoms with Crippen LogP contribution < -0.4 is 10.6 Å². The Hall–Kier alpha value is -1.95. The lowest BCUT2D eigenvalue weighted by Crippen LogP contribution is -2.45. The molecule has 0 spiro atoms. The van der Waals surface area contributed by atoms with E-state index in [2.05, 4.69) is 10.6 Å². The number of amides is 1. The molecule has 0 aromatic heterocycles. The van der Waals surface area contributed by atoms with Crippen LogP contribution in [0, 0.1) is 10.1 Å². The molecule has 1 amide bonds. The zero-order valence-corrected chi connectivity index (χ0v) is 9.89. The number of carbonyl (C=O) groups excluding carboxylic acids is 1. The molecule has 1 fully saturated rings. The van der Waals surface area contributed by atoms with E-state index in [-0.39, 0.29) is 23.2 Å². The second-order valence-corrected chi connectivity index (χ2v) is 4.29. The van der Waals surface area contributed by atoms with Crippen LogP contribution in [0.3, 0.4) is 0 Å². The molecule has 1 aromatic rings. The quantitative estimate of drug-likeness (QED) is 0.620. The van der Waals surface area contributed by atoms with Crippen LogP contribution in [-0.4, -0.2) is 30.0 Å². The van der Waals surface area contributed by atoms with E-state index in [0.717, 1.165) is 19.4 Å². The highest BCUT2D eigenvalue weighted by atomic mass is 16.6. The minimum Gasteiger partial charge on any atom is -0.348 e. The molecule has 2 rings (SSSR count). The molecule has 1 aliphatic heterocycles. The normalized spacial score (nSPS) is 19.2. The number of nitro groups is 1. The van der Waals surface area contributed by atoms with E-state index in [0.29, 0.717) is 6.54 Å². The first-order valence-electron chi connectivity index (χ1n) is 5.93. The van der Waals surface area contributed by atoms with Gasteiger partial charge >= 0.3 is 0 Å². The third kappa shape index (κ3) is 2.84. The van der Waals surface area contributed by atoms with Crippen LogP contribution in [0.15, 0.2) is 24.3 Å². The number of nitrogens with one attached hydrogen (secondary N) is 2. The van der Waals surface area contributed by atoms with Crippen molar-refractivity contribution in [2.24, 2.45) is 0 Å². The third-order valence-electron chi connectivity index (χ3n) is 2.98. The summed E-state index contributed by atoms with van der Waals surface area (Å²) in [4.78, 5) is 22.3. The van der Waals surface area contributed by atoms with Crippen molar-refractivity contribution >= 4 is 11.6 Å². The second kappa shape index (κ2) is 5.59. The molecule has 0 saturated carbocycles. The number of rotatable bonds is 3. The third-order valence-corrected chi connectivity index (χ3v) is 2.98. The summed E-state index contributed by atoms with van der Waals surface area (Å²) in [5, 5.41) is 16.8. The number of hydrogen-bond acceptors (Lipinski definition) is 4. The predicted octanol–water partition coefficient (Wildman–Crippen LogP) is 1.08. The number of benzene rings is 1. The van der Waals surface area contributed by atoms with Crippen LogP contribution in [0.5, 0.6) is 0 Å². The number of hydrogen-bond donors (Lipinski definition) is 2. The van der Waals surface area contributed by atoms with Crippen LogP contribution in [-0.2, 0) is 0 Å². The fourth-order valence-corrected chi connectivity index (χ4v) is 2.06. The van der Waals surface area contributed by atoms with Crippen molar-refractivity contribution in [3.63, 3.8) is 0 Å². The first-order chi connectivity index (χ1) is 8.68. The zero-order valence-electron chi connectivity index (χ0n) is 9.89. The SMILES string of the molecule is O=C(NC1CCCNC1)c1ccccc1[N+](=O)[O-]. The van der Waals surface area contributed by atoms with Crippen molar-refractivity contribution < 1.29 is 9.72 Å². The van der Waals surface area contributed by atoms with E-state index in [9.17, 15) is 14.9 Å². The Balaban J connectivity index is 2.10. The highest BCUT2D eigenvalue weighted by molar-refractivity contribution is 5.98. The summed E-state index contributed by atoms with van der Waals surface area (Å²) in [6.45, 7) is 1.67. The van der Waals surface area contributed by atoms with Gasteiger partial charge in [0.15, 0.2) is 0 Å². The summed E-state index contributed by atoms with van der Waals surface area (Å²) >= 11 is 0. The predicted molar refractivity (Wildman–Crippen MR) is 66.5 cm³/mol. The Morgan fingerprint density at radius 2 is 2.22 bits per heavy atom. The fraction of sp³-hybridized carbons (Fsp3) is 0.417. The molecule has 0 radical (unpaired) electrons. The van der Waals surface area contributed by atoms with Crippen molar-refractivity contribution in [1.29, 1.82) is 0 Å². The van der Waals surface area contributed by atoms with Crippen LogP contribution in [0.2, 0.25) is 0 Å². The molecule has 6 heteroatoms. The summed E-state index contributed by atoms with van der Waals surface area (Å²) in [6, 6.07) is 6.04. The Kier molecular flexibility index (Phi) is 3.88. The summed E-state index contributed by atoms with van der Waals surface area (Å²) in [5.74, 6) is -0.379. The van der Waals surface area contributed by atoms with Crippen LogP contribution in [0.25, 0.3) is 0 Å². The molecule has 0 bridgehead atoms. The molecule has 1 atom stereocenters. The standard InChI is InChI=1S/C12H15N3O3/c16-12(14-9-4-3-7-13-8-9)10-5-1-2-6-11(10)15(17)18/h1-2,5-6,9,13H,3-4,7-8H2,(H,14,16). The molecule has 2 N–H and O–H groups in total. The van der Waals surface area contributed by atoms with Gasteiger partial charge in [0.25, 0.3) is 11.6 Å². The molecule has 96 valence electrons. The molecule has 1 heterocycles. The molecule has 18 heavy (non-hydrogen) atoms. The smallest absolute Gasteiger partial charge is 0.282 e. The molecule has 1 aliphatic rings. The van der Waals surface area contributed by atoms with E-state index in [1.54, 1.807) is 12.1 Å². The number of piperidine rings is 1. The topological polar surface area (TPSA) is 84.3 Å². The zero-order chi connectivity index (χ0) is 13.0. The van der Waals surface area contributed by atoms with E-state index in [1.807, 2.05) is 0 Å². The van der Waals surface area contributed by atoms with Gasteiger partial charge in [-0.15, -0.1) is 0 Å². The molecule has 1 unspecified atom stereocenters.